The SMILES string of the molecule is OC[C@H](O)Cn1cc2c(n1)CCc1c-2sc2ncnc(Nc3ccc(OCc4ccccc4)c(Cl)c3)c12. The monoisotopic (exact) mass is 533 g/mol. The molecule has 0 spiro atoms. The lowest BCUT2D eigenvalue weighted by molar-refractivity contribution is 0.0782. The predicted octanol–water partition coefficient (Wildman–Crippen LogP) is 4.98. The quantitative estimate of drug-likeness (QED) is 0.258. The summed E-state index contributed by atoms with van der Waals surface area (Å²) in [6.07, 6.45) is 4.26. The van der Waals surface area contributed by atoms with E-state index in [1.165, 1.54) is 5.56 Å². The van der Waals surface area contributed by atoms with E-state index in [1.54, 1.807) is 22.3 Å². The zero-order valence-corrected chi connectivity index (χ0v) is 21.3. The molecule has 0 aliphatic heterocycles. The van der Waals surface area contributed by atoms with Crippen molar-refractivity contribution in [2.75, 3.05) is 11.9 Å². The van der Waals surface area contributed by atoms with Gasteiger partial charge in [0, 0.05) is 22.3 Å². The second kappa shape index (κ2) is 10.1. The molecule has 1 atom stereocenters. The summed E-state index contributed by atoms with van der Waals surface area (Å²) in [6.45, 7) is 0.397. The molecule has 2 aromatic carbocycles. The van der Waals surface area contributed by atoms with Gasteiger partial charge < -0.3 is 20.3 Å². The van der Waals surface area contributed by atoms with Crippen LogP contribution in [0.4, 0.5) is 11.5 Å². The third-order valence-electron chi connectivity index (χ3n) is 6.32. The minimum absolute atomic E-state index is 0.252. The van der Waals surface area contributed by atoms with Gasteiger partial charge in [-0.2, -0.15) is 5.10 Å². The van der Waals surface area contributed by atoms with Crippen molar-refractivity contribution in [3.8, 4) is 16.2 Å². The fourth-order valence-electron chi connectivity index (χ4n) is 4.56. The zero-order chi connectivity index (χ0) is 25.4. The fraction of sp³-hybridized carbons (Fsp3) is 0.222. The number of nitrogens with one attached hydrogen (secondary N) is 1. The topological polar surface area (TPSA) is 105 Å². The Morgan fingerprint density at radius 3 is 2.81 bits per heavy atom. The van der Waals surface area contributed by atoms with Gasteiger partial charge >= 0.3 is 0 Å². The van der Waals surface area contributed by atoms with E-state index in [9.17, 15) is 10.2 Å². The summed E-state index contributed by atoms with van der Waals surface area (Å²) in [5.74, 6) is 1.34. The first-order valence-electron chi connectivity index (χ1n) is 11.9. The van der Waals surface area contributed by atoms with Crippen molar-refractivity contribution in [3.05, 3.63) is 82.9 Å². The van der Waals surface area contributed by atoms with Crippen LogP contribution in [0.15, 0.2) is 61.1 Å². The number of halogens is 1. The highest BCUT2D eigenvalue weighted by Crippen LogP contribution is 2.45. The van der Waals surface area contributed by atoms with Crippen LogP contribution in [-0.4, -0.2) is 42.7 Å². The van der Waals surface area contributed by atoms with E-state index in [0.29, 0.717) is 17.4 Å². The van der Waals surface area contributed by atoms with Crippen LogP contribution in [0.25, 0.3) is 20.7 Å². The minimum atomic E-state index is -0.841. The van der Waals surface area contributed by atoms with Crippen molar-refractivity contribution >= 4 is 44.7 Å². The smallest absolute Gasteiger partial charge is 0.142 e. The number of aromatic nitrogens is 4. The van der Waals surface area contributed by atoms with E-state index in [1.807, 2.05) is 54.7 Å². The lowest BCUT2D eigenvalue weighted by Crippen LogP contribution is -2.20. The predicted molar refractivity (Wildman–Crippen MR) is 145 cm³/mol. The van der Waals surface area contributed by atoms with Crippen LogP contribution in [0.1, 0.15) is 16.8 Å². The molecule has 0 unspecified atom stereocenters. The van der Waals surface area contributed by atoms with E-state index >= 15 is 0 Å². The van der Waals surface area contributed by atoms with Gasteiger partial charge in [-0.05, 0) is 42.2 Å². The van der Waals surface area contributed by atoms with Gasteiger partial charge in [-0.1, -0.05) is 41.9 Å². The average molecular weight is 534 g/mol. The summed E-state index contributed by atoms with van der Waals surface area (Å²) in [5.41, 5.74) is 5.10. The molecule has 0 amide bonds. The molecule has 5 aromatic rings. The Balaban J connectivity index is 1.27. The van der Waals surface area contributed by atoms with E-state index in [0.717, 1.165) is 56.3 Å². The average Bonchev–Trinajstić information content (AvgIpc) is 3.50. The van der Waals surface area contributed by atoms with Crippen molar-refractivity contribution in [1.82, 2.24) is 19.7 Å². The molecule has 3 heterocycles. The molecule has 188 valence electrons. The second-order valence-electron chi connectivity index (χ2n) is 8.90. The van der Waals surface area contributed by atoms with Crippen LogP contribution >= 0.6 is 22.9 Å². The third kappa shape index (κ3) is 4.78. The van der Waals surface area contributed by atoms with E-state index in [2.05, 4.69) is 20.4 Å². The summed E-state index contributed by atoms with van der Waals surface area (Å²) in [4.78, 5) is 11.1. The van der Waals surface area contributed by atoms with Gasteiger partial charge in [0.25, 0.3) is 0 Å². The van der Waals surface area contributed by atoms with E-state index < -0.39 is 6.10 Å². The first kappa shape index (κ1) is 23.9. The third-order valence-corrected chi connectivity index (χ3v) is 7.79. The van der Waals surface area contributed by atoms with E-state index in [-0.39, 0.29) is 13.2 Å². The highest BCUT2D eigenvalue weighted by atomic mass is 35.5. The Hall–Kier alpha value is -3.50. The largest absolute Gasteiger partial charge is 0.487 e. The maximum Gasteiger partial charge on any atom is 0.142 e. The summed E-state index contributed by atoms with van der Waals surface area (Å²) in [5, 5.41) is 28.6. The van der Waals surface area contributed by atoms with Crippen molar-refractivity contribution in [2.45, 2.75) is 32.1 Å². The lowest BCUT2D eigenvalue weighted by atomic mass is 9.95. The van der Waals surface area contributed by atoms with Crippen molar-refractivity contribution < 1.29 is 14.9 Å². The number of hydrogen-bond donors (Lipinski definition) is 3. The Bertz CT molecular complexity index is 1570. The molecule has 1 aliphatic carbocycles. The maximum atomic E-state index is 9.83. The number of hydrogen-bond acceptors (Lipinski definition) is 8. The van der Waals surface area contributed by atoms with Gasteiger partial charge in [0.05, 0.1) is 35.4 Å². The zero-order valence-electron chi connectivity index (χ0n) is 19.8. The molecule has 37 heavy (non-hydrogen) atoms. The molecular formula is C27H24ClN5O3S. The highest BCUT2D eigenvalue weighted by molar-refractivity contribution is 7.22. The van der Waals surface area contributed by atoms with Gasteiger partial charge in [-0.15, -0.1) is 11.3 Å². The Labute approximate surface area is 222 Å². The van der Waals surface area contributed by atoms with Gasteiger partial charge in [0.1, 0.15) is 29.3 Å². The van der Waals surface area contributed by atoms with Crippen LogP contribution in [0.3, 0.4) is 0 Å². The van der Waals surface area contributed by atoms with Crippen molar-refractivity contribution in [3.63, 3.8) is 0 Å². The van der Waals surface area contributed by atoms with Crippen molar-refractivity contribution in [2.24, 2.45) is 0 Å². The molecule has 8 nitrogen and oxygen atoms in total. The number of benzene rings is 2. The van der Waals surface area contributed by atoms with Crippen molar-refractivity contribution in [1.29, 1.82) is 0 Å². The van der Waals surface area contributed by atoms with Gasteiger partial charge in [0.2, 0.25) is 0 Å². The molecule has 3 aromatic heterocycles. The molecule has 3 N–H and O–H groups in total. The standard InChI is InChI=1S/C27H24ClN5O3S/c28-21-10-17(6-9-23(21)36-14-16-4-2-1-3-5-16)31-26-24-19-7-8-22-20(12-33(32-22)11-18(35)13-34)25(19)37-27(24)30-15-29-26/h1-6,9-10,12,15,18,34-35H,7-8,11,13-14H2,(H,29,30,31)/t18-/m1/s1. The lowest BCUT2D eigenvalue weighted by Gasteiger charge is -2.13. The molecule has 0 saturated carbocycles. The number of thiophene rings is 1. The maximum absolute atomic E-state index is 9.83. The number of anilines is 2. The van der Waals surface area contributed by atoms with Crippen LogP contribution in [0.2, 0.25) is 5.02 Å². The first-order valence-corrected chi connectivity index (χ1v) is 13.1. The Morgan fingerprint density at radius 1 is 1.14 bits per heavy atom. The van der Waals surface area contributed by atoms with Gasteiger partial charge in [-0.25, -0.2) is 9.97 Å². The van der Waals surface area contributed by atoms with E-state index in [4.69, 9.17) is 16.3 Å². The van der Waals surface area contributed by atoms with Crippen LogP contribution < -0.4 is 10.1 Å². The first-order chi connectivity index (χ1) is 18.1. The van der Waals surface area contributed by atoms with Gasteiger partial charge in [-0.3, -0.25) is 4.68 Å². The number of rotatable bonds is 8. The summed E-state index contributed by atoms with van der Waals surface area (Å²) in [6, 6.07) is 15.6. The molecule has 0 bridgehead atoms. The molecule has 10 heteroatoms. The summed E-state index contributed by atoms with van der Waals surface area (Å²) in [7, 11) is 0. The molecule has 0 radical (unpaired) electrons. The molecular weight excluding hydrogens is 510 g/mol. The summed E-state index contributed by atoms with van der Waals surface area (Å²) < 4.78 is 7.61. The normalized spacial score (nSPS) is 13.3. The molecule has 0 fully saturated rings. The number of fused-ring (bicyclic) bond motifs is 5. The number of nitrogens with zero attached hydrogens (tertiary/aromatic N) is 4. The number of aliphatic hydroxyl groups excluding tert-OH is 2. The highest BCUT2D eigenvalue weighted by Gasteiger charge is 2.26. The molecule has 6 rings (SSSR count). The fourth-order valence-corrected chi connectivity index (χ4v) is 6.01. The van der Waals surface area contributed by atoms with Gasteiger partial charge in [0.15, 0.2) is 0 Å². The van der Waals surface area contributed by atoms with Crippen LogP contribution in [0.5, 0.6) is 5.75 Å². The molecule has 0 saturated heterocycles. The number of aliphatic hydroxyl groups is 2. The number of aryl methyl sites for hydroxylation is 2. The van der Waals surface area contributed by atoms with Crippen LogP contribution in [0, 0.1) is 0 Å². The second-order valence-corrected chi connectivity index (χ2v) is 10.3. The Kier molecular flexibility index (Phi) is 6.52. The minimum Gasteiger partial charge on any atom is -0.487 e. The molecule has 1 aliphatic rings. The Morgan fingerprint density at radius 2 is 2.00 bits per heavy atom. The number of ether oxygens (including phenoxy) is 1. The van der Waals surface area contributed by atoms with Crippen LogP contribution in [-0.2, 0) is 26.0 Å². The summed E-state index contributed by atoms with van der Waals surface area (Å²) >= 11 is 8.15.